The van der Waals surface area contributed by atoms with Crippen molar-refractivity contribution in [3.63, 3.8) is 0 Å². The number of aryl methyl sites for hydroxylation is 1. The third kappa shape index (κ3) is 2.91. The molecule has 7 nitrogen and oxygen atoms in total. The molecule has 0 aliphatic heterocycles. The third-order valence-electron chi connectivity index (χ3n) is 3.73. The lowest BCUT2D eigenvalue weighted by molar-refractivity contribution is 0.616. The molecule has 1 aliphatic carbocycles. The average molecular weight is 308 g/mol. The van der Waals surface area contributed by atoms with Crippen LogP contribution >= 0.6 is 11.8 Å². The average Bonchev–Trinajstić information content (AvgIpc) is 3.11. The zero-order valence-electron chi connectivity index (χ0n) is 12.2. The van der Waals surface area contributed by atoms with Gasteiger partial charge in [-0.3, -0.25) is 9.25 Å². The maximum atomic E-state index is 11.9. The summed E-state index contributed by atoms with van der Waals surface area (Å²) >= 11 is 1.55. The van der Waals surface area contributed by atoms with Crippen molar-refractivity contribution >= 4 is 11.8 Å². The summed E-state index contributed by atoms with van der Waals surface area (Å²) in [6.45, 7) is 2.06. The summed E-state index contributed by atoms with van der Waals surface area (Å²) in [6, 6.07) is 0.282. The molecule has 0 saturated heterocycles. The van der Waals surface area contributed by atoms with E-state index in [0.717, 1.165) is 30.0 Å². The largest absolute Gasteiger partial charge is 0.344 e. The van der Waals surface area contributed by atoms with Crippen molar-refractivity contribution in [2.24, 2.45) is 12.8 Å². The molecule has 0 aromatic carbocycles. The maximum absolute atomic E-state index is 11.9. The van der Waals surface area contributed by atoms with Gasteiger partial charge in [0.15, 0.2) is 5.16 Å². The predicted molar refractivity (Wildman–Crippen MR) is 81.2 cm³/mol. The molecule has 2 aromatic heterocycles. The van der Waals surface area contributed by atoms with Gasteiger partial charge in [-0.15, -0.1) is 5.10 Å². The van der Waals surface area contributed by atoms with Crippen molar-refractivity contribution < 1.29 is 0 Å². The van der Waals surface area contributed by atoms with E-state index in [4.69, 9.17) is 5.73 Å². The highest BCUT2D eigenvalue weighted by atomic mass is 32.2. The Morgan fingerprint density at radius 1 is 1.57 bits per heavy atom. The molecule has 8 heteroatoms. The molecule has 1 saturated carbocycles. The molecular weight excluding hydrogens is 288 g/mol. The highest BCUT2D eigenvalue weighted by Crippen LogP contribution is 2.41. The van der Waals surface area contributed by atoms with E-state index in [-0.39, 0.29) is 17.0 Å². The molecule has 0 bridgehead atoms. The van der Waals surface area contributed by atoms with Gasteiger partial charge < -0.3 is 5.73 Å². The molecule has 0 spiro atoms. The van der Waals surface area contributed by atoms with Gasteiger partial charge in [0.2, 0.25) is 0 Å². The number of aromatic nitrogens is 5. The Hall–Kier alpha value is -1.54. The first-order valence-electron chi connectivity index (χ1n) is 7.17. The first-order chi connectivity index (χ1) is 10.1. The minimum Gasteiger partial charge on any atom is -0.326 e. The standard InChI is InChI=1S/C13H20N6OS/c1-3-10(14)11(8-6-15-18(2)7-8)21-13-17-16-12(20)19(13)9-4-5-9/h6-7,9-11H,3-5,14H2,1-2H3,(H,16,20). The second-order valence-electron chi connectivity index (χ2n) is 5.47. The molecule has 114 valence electrons. The number of hydrogen-bond acceptors (Lipinski definition) is 5. The smallest absolute Gasteiger partial charge is 0.326 e. The molecule has 3 N–H and O–H groups in total. The summed E-state index contributed by atoms with van der Waals surface area (Å²) in [6.07, 6.45) is 6.75. The van der Waals surface area contributed by atoms with Crippen molar-refractivity contribution in [1.29, 1.82) is 0 Å². The first-order valence-corrected chi connectivity index (χ1v) is 8.05. The third-order valence-corrected chi connectivity index (χ3v) is 5.10. The Labute approximate surface area is 126 Å². The van der Waals surface area contributed by atoms with Gasteiger partial charge in [-0.25, -0.2) is 9.89 Å². The van der Waals surface area contributed by atoms with E-state index in [2.05, 4.69) is 22.2 Å². The number of nitrogens with two attached hydrogens (primary N) is 1. The number of hydrogen-bond donors (Lipinski definition) is 2. The SMILES string of the molecule is CCC(N)C(Sc1n[nH]c(=O)n1C1CC1)c1cnn(C)c1. The van der Waals surface area contributed by atoms with Crippen LogP contribution in [-0.2, 0) is 7.05 Å². The zero-order chi connectivity index (χ0) is 15.0. The van der Waals surface area contributed by atoms with E-state index in [9.17, 15) is 4.79 Å². The molecule has 21 heavy (non-hydrogen) atoms. The summed E-state index contributed by atoms with van der Waals surface area (Å²) in [7, 11) is 1.89. The number of aromatic amines is 1. The predicted octanol–water partition coefficient (Wildman–Crippen LogP) is 1.21. The van der Waals surface area contributed by atoms with Crippen molar-refractivity contribution in [2.45, 2.75) is 48.7 Å². The number of nitrogens with zero attached hydrogens (tertiary/aromatic N) is 4. The van der Waals surface area contributed by atoms with Gasteiger partial charge >= 0.3 is 5.69 Å². The number of H-pyrrole nitrogens is 1. The number of nitrogens with one attached hydrogen (secondary N) is 1. The van der Waals surface area contributed by atoms with Gasteiger partial charge in [-0.1, -0.05) is 18.7 Å². The fourth-order valence-corrected chi connectivity index (χ4v) is 3.64. The Morgan fingerprint density at radius 3 is 2.90 bits per heavy atom. The van der Waals surface area contributed by atoms with Crippen LogP contribution in [0.4, 0.5) is 0 Å². The Bertz CT molecular complexity index is 670. The quantitative estimate of drug-likeness (QED) is 0.782. The molecule has 1 aliphatic rings. The Balaban J connectivity index is 1.90. The molecule has 2 unspecified atom stereocenters. The van der Waals surface area contributed by atoms with Crippen LogP contribution in [0.2, 0.25) is 0 Å². The molecule has 2 heterocycles. The summed E-state index contributed by atoms with van der Waals surface area (Å²) in [5.74, 6) is 0. The van der Waals surface area contributed by atoms with Crippen molar-refractivity contribution in [3.8, 4) is 0 Å². The van der Waals surface area contributed by atoms with Crippen LogP contribution in [0.1, 0.15) is 43.0 Å². The first kappa shape index (κ1) is 14.4. The Morgan fingerprint density at radius 2 is 2.33 bits per heavy atom. The van der Waals surface area contributed by atoms with E-state index >= 15 is 0 Å². The minimum atomic E-state index is -0.130. The zero-order valence-corrected chi connectivity index (χ0v) is 13.0. The van der Waals surface area contributed by atoms with Crippen LogP contribution in [-0.4, -0.2) is 30.6 Å². The molecular formula is C13H20N6OS. The van der Waals surface area contributed by atoms with Gasteiger partial charge in [0.1, 0.15) is 0 Å². The number of thioether (sulfide) groups is 1. The van der Waals surface area contributed by atoms with E-state index in [1.807, 2.05) is 19.4 Å². The Kier molecular flexibility index (Phi) is 3.90. The second-order valence-corrected chi connectivity index (χ2v) is 6.58. The monoisotopic (exact) mass is 308 g/mol. The molecule has 3 rings (SSSR count). The molecule has 0 amide bonds. The highest BCUT2D eigenvalue weighted by molar-refractivity contribution is 7.99. The minimum absolute atomic E-state index is 0.0151. The lowest BCUT2D eigenvalue weighted by atomic mass is 10.1. The van der Waals surface area contributed by atoms with E-state index in [1.165, 1.54) is 0 Å². The van der Waals surface area contributed by atoms with Crippen LogP contribution in [0.5, 0.6) is 0 Å². The molecule has 2 aromatic rings. The van der Waals surface area contributed by atoms with Crippen molar-refractivity contribution in [1.82, 2.24) is 24.5 Å². The lowest BCUT2D eigenvalue weighted by Gasteiger charge is -2.20. The van der Waals surface area contributed by atoms with Crippen LogP contribution in [0.25, 0.3) is 0 Å². The highest BCUT2D eigenvalue weighted by Gasteiger charge is 2.31. The normalized spacial score (nSPS) is 17.9. The van der Waals surface area contributed by atoms with Gasteiger partial charge in [-0.05, 0) is 19.3 Å². The van der Waals surface area contributed by atoms with Crippen LogP contribution < -0.4 is 11.4 Å². The topological polar surface area (TPSA) is 94.5 Å². The second kappa shape index (κ2) is 5.69. The van der Waals surface area contributed by atoms with Crippen molar-refractivity contribution in [3.05, 3.63) is 28.4 Å². The van der Waals surface area contributed by atoms with E-state index in [0.29, 0.717) is 6.04 Å². The summed E-state index contributed by atoms with van der Waals surface area (Å²) < 4.78 is 3.53. The number of rotatable bonds is 6. The fraction of sp³-hybridized carbons (Fsp3) is 0.615. The van der Waals surface area contributed by atoms with Gasteiger partial charge in [-0.2, -0.15) is 5.10 Å². The van der Waals surface area contributed by atoms with Gasteiger partial charge in [0, 0.05) is 30.9 Å². The van der Waals surface area contributed by atoms with E-state index < -0.39 is 0 Å². The molecule has 0 radical (unpaired) electrons. The summed E-state index contributed by atoms with van der Waals surface area (Å²) in [4.78, 5) is 11.9. The maximum Gasteiger partial charge on any atom is 0.344 e. The molecule has 2 atom stereocenters. The van der Waals surface area contributed by atoms with Gasteiger partial charge in [0.25, 0.3) is 0 Å². The lowest BCUT2D eigenvalue weighted by Crippen LogP contribution is -2.26. The summed E-state index contributed by atoms with van der Waals surface area (Å²) in [5.41, 5.74) is 7.21. The van der Waals surface area contributed by atoms with Gasteiger partial charge in [0.05, 0.1) is 11.4 Å². The van der Waals surface area contributed by atoms with Crippen molar-refractivity contribution in [2.75, 3.05) is 0 Å². The fourth-order valence-electron chi connectivity index (χ4n) is 2.35. The van der Waals surface area contributed by atoms with E-state index in [1.54, 1.807) is 21.0 Å². The van der Waals surface area contributed by atoms with Crippen LogP contribution in [0.15, 0.2) is 22.3 Å². The summed E-state index contributed by atoms with van der Waals surface area (Å²) in [5, 5.41) is 11.7. The van der Waals surface area contributed by atoms with Crippen LogP contribution in [0.3, 0.4) is 0 Å². The molecule has 1 fully saturated rings. The van der Waals surface area contributed by atoms with Crippen LogP contribution in [0, 0.1) is 0 Å².